The summed E-state index contributed by atoms with van der Waals surface area (Å²) in [5.74, 6) is 0.332. The average molecular weight is 540 g/mol. The average Bonchev–Trinajstić information content (AvgIpc) is 3.04. The molecule has 204 valence electrons. The third-order valence-corrected chi connectivity index (χ3v) is 8.72. The lowest BCUT2D eigenvalue weighted by molar-refractivity contribution is -0.127. The number of nitrogens with one attached hydrogen (secondary N) is 1. The highest BCUT2D eigenvalue weighted by Gasteiger charge is 2.36. The number of aliphatic hydroxyl groups excluding tert-OH is 1. The molecule has 0 spiro atoms. The normalized spacial score (nSPS) is 16.2. The monoisotopic (exact) mass is 539 g/mol. The van der Waals surface area contributed by atoms with E-state index in [9.17, 15) is 18.3 Å². The Kier molecular flexibility index (Phi) is 8.99. The zero-order valence-corrected chi connectivity index (χ0v) is 22.9. The van der Waals surface area contributed by atoms with Crippen molar-refractivity contribution in [3.63, 3.8) is 0 Å². The predicted molar refractivity (Wildman–Crippen MR) is 151 cm³/mol. The van der Waals surface area contributed by atoms with Crippen molar-refractivity contribution in [2.24, 2.45) is 16.6 Å². The Morgan fingerprint density at radius 1 is 1.18 bits per heavy atom. The lowest BCUT2D eigenvalue weighted by atomic mass is 10.0. The second-order valence-corrected chi connectivity index (χ2v) is 11.8. The second kappa shape index (κ2) is 12.2. The minimum absolute atomic E-state index is 0.00640. The van der Waals surface area contributed by atoms with Gasteiger partial charge in [-0.1, -0.05) is 31.2 Å². The highest BCUT2D eigenvalue weighted by molar-refractivity contribution is 7.89. The maximum Gasteiger partial charge on any atom is 0.250 e. The first-order valence-corrected chi connectivity index (χ1v) is 14.5. The quantitative estimate of drug-likeness (QED) is 0.377. The number of aliphatic imine (C=N–C) groups is 1. The number of sulfonamides is 1. The number of hydrogen-bond acceptors (Lipinski definition) is 7. The Bertz CT molecular complexity index is 1330. The number of nitrogens with zero attached hydrogens (tertiary/aromatic N) is 3. The molecule has 0 unspecified atom stereocenters. The summed E-state index contributed by atoms with van der Waals surface area (Å²) >= 11 is 0. The molecule has 0 aliphatic carbocycles. The molecule has 1 amide bonds. The topological polar surface area (TPSA) is 128 Å². The number of amides is 1. The third kappa shape index (κ3) is 6.15. The number of aliphatic hydroxyl groups is 1. The van der Waals surface area contributed by atoms with Crippen LogP contribution in [0.5, 0.6) is 0 Å². The van der Waals surface area contributed by atoms with Gasteiger partial charge in [0.1, 0.15) is 5.84 Å². The predicted octanol–water partition coefficient (Wildman–Crippen LogP) is 2.59. The van der Waals surface area contributed by atoms with Crippen LogP contribution in [0.4, 0.5) is 5.69 Å². The molecule has 1 saturated heterocycles. The van der Waals surface area contributed by atoms with Gasteiger partial charge >= 0.3 is 0 Å². The fraction of sp³-hybridized carbons (Fsp3) is 0.429. The maximum absolute atomic E-state index is 13.4. The number of amidine groups is 1. The van der Waals surface area contributed by atoms with Crippen LogP contribution in [-0.4, -0.2) is 80.9 Å². The number of rotatable bonds is 11. The van der Waals surface area contributed by atoms with E-state index < -0.39 is 10.0 Å². The van der Waals surface area contributed by atoms with Crippen LogP contribution >= 0.6 is 0 Å². The van der Waals surface area contributed by atoms with Crippen LogP contribution in [-0.2, 0) is 14.8 Å². The van der Waals surface area contributed by atoms with Gasteiger partial charge in [-0.25, -0.2) is 13.4 Å². The summed E-state index contributed by atoms with van der Waals surface area (Å²) in [4.78, 5) is 20.1. The molecule has 0 saturated carbocycles. The van der Waals surface area contributed by atoms with Crippen LogP contribution in [0.25, 0.3) is 17.2 Å². The number of fused-ring (bicyclic) bond motifs is 1. The molecule has 0 radical (unpaired) electrons. The SMILES string of the molecule is CCCN(CCCNC)C(=O)C1=Cc2ccc(-c3cccc(S(=O)(=O)N4CC(CO)C4)c3)cc2N=C(N)C1. The van der Waals surface area contributed by atoms with Gasteiger partial charge < -0.3 is 21.1 Å². The largest absolute Gasteiger partial charge is 0.396 e. The number of carbonyl (C=O) groups is 1. The summed E-state index contributed by atoms with van der Waals surface area (Å²) < 4.78 is 27.4. The van der Waals surface area contributed by atoms with Gasteiger partial charge in [-0.05, 0) is 61.8 Å². The Labute approximate surface area is 225 Å². The Morgan fingerprint density at radius 2 is 1.95 bits per heavy atom. The molecule has 2 aromatic rings. The maximum atomic E-state index is 13.4. The van der Waals surface area contributed by atoms with Crippen LogP contribution < -0.4 is 11.1 Å². The van der Waals surface area contributed by atoms with Crippen molar-refractivity contribution in [3.05, 3.63) is 53.6 Å². The van der Waals surface area contributed by atoms with Crippen molar-refractivity contribution in [1.82, 2.24) is 14.5 Å². The number of nitrogens with two attached hydrogens (primary N) is 1. The molecule has 9 nitrogen and oxygen atoms in total. The van der Waals surface area contributed by atoms with Gasteiger partial charge in [-0.2, -0.15) is 4.31 Å². The van der Waals surface area contributed by atoms with E-state index in [0.717, 1.165) is 36.1 Å². The molecular formula is C28H37N5O4S. The fourth-order valence-corrected chi connectivity index (χ4v) is 6.40. The molecule has 4 N–H and O–H groups in total. The Balaban J connectivity index is 1.60. The van der Waals surface area contributed by atoms with E-state index in [4.69, 9.17) is 5.73 Å². The van der Waals surface area contributed by atoms with E-state index in [1.54, 1.807) is 18.2 Å². The summed E-state index contributed by atoms with van der Waals surface area (Å²) in [6, 6.07) is 12.5. The van der Waals surface area contributed by atoms with E-state index >= 15 is 0 Å². The smallest absolute Gasteiger partial charge is 0.250 e. The van der Waals surface area contributed by atoms with Crippen molar-refractivity contribution < 1.29 is 18.3 Å². The van der Waals surface area contributed by atoms with E-state index in [2.05, 4.69) is 17.2 Å². The summed E-state index contributed by atoms with van der Waals surface area (Å²) in [6.07, 6.45) is 3.88. The van der Waals surface area contributed by atoms with Crippen LogP contribution in [0, 0.1) is 5.92 Å². The van der Waals surface area contributed by atoms with Gasteiger partial charge in [-0.15, -0.1) is 0 Å². The van der Waals surface area contributed by atoms with Crippen LogP contribution in [0.3, 0.4) is 0 Å². The zero-order chi connectivity index (χ0) is 27.3. The zero-order valence-electron chi connectivity index (χ0n) is 22.1. The van der Waals surface area contributed by atoms with Crippen molar-refractivity contribution in [3.8, 4) is 11.1 Å². The van der Waals surface area contributed by atoms with E-state index in [-0.39, 0.29) is 29.7 Å². The van der Waals surface area contributed by atoms with Crippen molar-refractivity contribution in [2.45, 2.75) is 31.1 Å². The first kappa shape index (κ1) is 28.0. The molecule has 38 heavy (non-hydrogen) atoms. The molecule has 2 aromatic carbocycles. The van der Waals surface area contributed by atoms with Crippen LogP contribution in [0.2, 0.25) is 0 Å². The van der Waals surface area contributed by atoms with Crippen molar-refractivity contribution in [2.75, 3.05) is 46.4 Å². The van der Waals surface area contributed by atoms with E-state index in [0.29, 0.717) is 43.3 Å². The summed E-state index contributed by atoms with van der Waals surface area (Å²) in [7, 11) is -1.73. The minimum Gasteiger partial charge on any atom is -0.396 e. The fourth-order valence-electron chi connectivity index (χ4n) is 4.76. The highest BCUT2D eigenvalue weighted by atomic mass is 32.2. The van der Waals surface area contributed by atoms with E-state index in [1.165, 1.54) is 4.31 Å². The molecule has 0 aromatic heterocycles. The minimum atomic E-state index is -3.63. The van der Waals surface area contributed by atoms with Crippen LogP contribution in [0.15, 0.2) is 57.9 Å². The summed E-state index contributed by atoms with van der Waals surface area (Å²) in [5.41, 5.74) is 9.84. The molecule has 2 aliphatic rings. The highest BCUT2D eigenvalue weighted by Crippen LogP contribution is 2.34. The lowest BCUT2D eigenvalue weighted by Crippen LogP contribution is -2.51. The first-order valence-electron chi connectivity index (χ1n) is 13.1. The summed E-state index contributed by atoms with van der Waals surface area (Å²) in [5, 5.41) is 12.4. The van der Waals surface area contributed by atoms with Gasteiger partial charge in [0.15, 0.2) is 0 Å². The Morgan fingerprint density at radius 3 is 2.66 bits per heavy atom. The van der Waals surface area contributed by atoms with Gasteiger partial charge in [0, 0.05) is 56.3 Å². The second-order valence-electron chi connectivity index (χ2n) is 9.87. The standard InChI is InChI=1S/C28H37N5O4S/c1-3-11-32(12-5-10-30-2)28(35)24-13-23-9-8-22(15-26(23)31-27(29)16-24)21-6-4-7-25(14-21)38(36,37)33-17-20(18-33)19-34/h4,6-9,13-15,20,30,34H,3,5,10-12,16-19H2,1-2H3,(H2,29,31). The van der Waals surface area contributed by atoms with Gasteiger partial charge in [-0.3, -0.25) is 4.79 Å². The number of benzene rings is 2. The van der Waals surface area contributed by atoms with Crippen molar-refractivity contribution >= 4 is 33.5 Å². The van der Waals surface area contributed by atoms with Crippen LogP contribution in [0.1, 0.15) is 31.7 Å². The Hall–Kier alpha value is -3.05. The van der Waals surface area contributed by atoms with Gasteiger partial charge in [0.05, 0.1) is 10.6 Å². The number of carbonyl (C=O) groups excluding carboxylic acids is 1. The third-order valence-electron chi connectivity index (χ3n) is 6.89. The number of hydrogen-bond donors (Lipinski definition) is 3. The van der Waals surface area contributed by atoms with Crippen molar-refractivity contribution in [1.29, 1.82) is 0 Å². The molecule has 2 heterocycles. The molecular weight excluding hydrogens is 502 g/mol. The van der Waals surface area contributed by atoms with Gasteiger partial charge in [0.2, 0.25) is 15.9 Å². The molecule has 0 atom stereocenters. The first-order chi connectivity index (χ1) is 18.3. The van der Waals surface area contributed by atoms with E-state index in [1.807, 2.05) is 42.3 Å². The molecule has 4 rings (SSSR count). The molecule has 0 bridgehead atoms. The lowest BCUT2D eigenvalue weighted by Gasteiger charge is -2.36. The molecule has 10 heteroatoms. The summed E-state index contributed by atoms with van der Waals surface area (Å²) in [6.45, 7) is 4.89. The molecule has 2 aliphatic heterocycles. The molecule has 1 fully saturated rings. The van der Waals surface area contributed by atoms with Gasteiger partial charge in [0.25, 0.3) is 0 Å².